The number of rotatable bonds is 23. The molecule has 95 heavy (non-hydrogen) atoms. The second kappa shape index (κ2) is 32.2. The maximum Gasteiger partial charge on any atom is 0.407 e. The summed E-state index contributed by atoms with van der Waals surface area (Å²) in [6, 6.07) is 43.4. The summed E-state index contributed by atoms with van der Waals surface area (Å²) in [5.41, 5.74) is 15.0. The van der Waals surface area contributed by atoms with Gasteiger partial charge < -0.3 is 65.8 Å². The predicted molar refractivity (Wildman–Crippen MR) is 357 cm³/mol. The van der Waals surface area contributed by atoms with Crippen LogP contribution < -0.4 is 40.6 Å². The van der Waals surface area contributed by atoms with Gasteiger partial charge in [0.2, 0.25) is 23.6 Å². The van der Waals surface area contributed by atoms with Crippen LogP contribution in [0, 0.1) is 37.3 Å². The largest absolute Gasteiger partial charge is 0.490 e. The van der Waals surface area contributed by atoms with Gasteiger partial charge in [-0.3, -0.25) is 9.59 Å². The lowest BCUT2D eigenvalue weighted by Gasteiger charge is -2.33. The number of pyridine rings is 2. The van der Waals surface area contributed by atoms with Crippen LogP contribution in [0.3, 0.4) is 0 Å². The minimum atomic E-state index is -1.25. The van der Waals surface area contributed by atoms with Gasteiger partial charge in [-0.15, -0.1) is 0 Å². The van der Waals surface area contributed by atoms with Crippen molar-refractivity contribution < 1.29 is 67.3 Å². The van der Waals surface area contributed by atoms with Crippen LogP contribution in [0.1, 0.15) is 90.2 Å². The zero-order valence-corrected chi connectivity index (χ0v) is 54.4. The van der Waals surface area contributed by atoms with E-state index in [2.05, 4.69) is 25.9 Å². The third-order valence-corrected chi connectivity index (χ3v) is 16.9. The number of aliphatic hydroxyl groups is 4. The number of hydrogen-bond acceptors (Lipinski definition) is 15. The van der Waals surface area contributed by atoms with E-state index in [1.54, 1.807) is 102 Å². The maximum absolute atomic E-state index is 14.9. The third-order valence-electron chi connectivity index (χ3n) is 16.9. The van der Waals surface area contributed by atoms with Crippen LogP contribution in [0.5, 0.6) is 23.3 Å². The number of amides is 3. The molecular formula is C75H84F2N6O12. The Morgan fingerprint density at radius 3 is 1.41 bits per heavy atom. The molecule has 20 heteroatoms. The number of methoxy groups -OCH3 is 2. The standard InChI is InChI=1S/C40H46FN3O7.C35H38FN3O5/c1-24-10-16-35-30(18-24)37(34(46)23-50-35)44-38(47)29(20-27-8-6-7-9-31(27)41)21-33(45)32(43-39(48)51-40(2,3)4)19-25-11-13-26(14-12-25)28-15-17-36(49-5)42-22-28;1-21-7-13-32-27(15-21)34(31(41)20-44-32)39-35(42)26(17-24-5-3-4-6-28(24)36)18-30(40)29(37)16-22-8-10-23(11-9-22)25-12-14-33(43-2)38-19-25/h6-18,22,29,32-34,37,45-46H,19-21,23H2,1-5H3,(H,43,48)(H,44,47);3-15,19,26,29-31,34,40-41H,16-18,20,37H2,1-2H3,(H,39,42)/t29-,32+,33+,34-,37+;26-,29+,30+,31-,34+/m11/s1. The molecule has 0 saturated carbocycles. The van der Waals surface area contributed by atoms with Crippen molar-refractivity contribution >= 4 is 17.9 Å². The van der Waals surface area contributed by atoms with Gasteiger partial charge in [0.1, 0.15) is 54.2 Å². The van der Waals surface area contributed by atoms with Crippen LogP contribution in [-0.4, -0.2) is 118 Å². The van der Waals surface area contributed by atoms with Crippen LogP contribution in [0.2, 0.25) is 0 Å². The zero-order chi connectivity index (χ0) is 67.9. The fraction of sp³-hybridized carbons (Fsp3) is 0.347. The summed E-state index contributed by atoms with van der Waals surface area (Å²) in [5.74, 6) is -1.35. The fourth-order valence-electron chi connectivity index (χ4n) is 11.7. The SMILES string of the molecule is COc1ccc(-c2ccc(C[C@H](N)[C@@H](O)C[C@@H](Cc3ccccc3F)C(=O)N[C@H]3c4cc(C)ccc4OC[C@H]3O)cc2)cn1.COc1ccc(-c2ccc(C[C@H](NC(=O)OC(C)(C)C)[C@@H](O)C[C@@H](Cc3ccccc3F)C(=O)N[C@H]3c4cc(C)ccc4OC[C@H]3O)cc2)cn1. The number of ether oxygens (including phenoxy) is 5. The molecule has 0 radical (unpaired) electrons. The Morgan fingerprint density at radius 1 is 0.579 bits per heavy atom. The van der Waals surface area contributed by atoms with Gasteiger partial charge in [-0.05, 0) is 143 Å². The summed E-state index contributed by atoms with van der Waals surface area (Å²) in [4.78, 5) is 49.4. The molecule has 0 unspecified atom stereocenters. The van der Waals surface area contributed by atoms with Crippen molar-refractivity contribution in [2.24, 2.45) is 17.6 Å². The highest BCUT2D eigenvalue weighted by atomic mass is 19.1. The molecule has 0 fully saturated rings. The number of fused-ring (bicyclic) bond motifs is 2. The van der Waals surface area contributed by atoms with E-state index < -0.39 is 95.6 Å². The number of nitrogens with two attached hydrogens (primary N) is 1. The molecule has 500 valence electrons. The Hall–Kier alpha value is -9.31. The van der Waals surface area contributed by atoms with Crippen LogP contribution in [0.4, 0.5) is 13.6 Å². The molecule has 2 aliphatic heterocycles. The molecule has 3 amide bonds. The number of benzene rings is 6. The molecule has 4 heterocycles. The molecule has 2 aromatic heterocycles. The molecule has 0 saturated heterocycles. The highest BCUT2D eigenvalue weighted by Crippen LogP contribution is 2.36. The minimum absolute atomic E-state index is 0.0108. The number of halogens is 2. The van der Waals surface area contributed by atoms with E-state index in [1.165, 1.54) is 12.1 Å². The van der Waals surface area contributed by atoms with Crippen molar-refractivity contribution in [3.05, 3.63) is 226 Å². The summed E-state index contributed by atoms with van der Waals surface area (Å²) >= 11 is 0. The number of nitrogens with one attached hydrogen (secondary N) is 3. The lowest BCUT2D eigenvalue weighted by atomic mass is 9.87. The summed E-state index contributed by atoms with van der Waals surface area (Å²) in [6.45, 7) is 9.05. The van der Waals surface area contributed by atoms with Crippen molar-refractivity contribution in [3.8, 4) is 45.5 Å². The van der Waals surface area contributed by atoms with Crippen LogP contribution in [-0.2, 0) is 40.0 Å². The number of aryl methyl sites for hydroxylation is 2. The minimum Gasteiger partial charge on any atom is -0.490 e. The summed E-state index contributed by atoms with van der Waals surface area (Å²) in [5, 5.41) is 53.3. The Bertz CT molecular complexity index is 3860. The van der Waals surface area contributed by atoms with E-state index >= 15 is 0 Å². The Morgan fingerprint density at radius 2 is 1.00 bits per heavy atom. The molecule has 8 aromatic rings. The molecule has 10 atom stereocenters. The number of alkyl carbamates (subject to hydrolysis) is 1. The molecule has 0 spiro atoms. The van der Waals surface area contributed by atoms with Gasteiger partial charge in [0.25, 0.3) is 0 Å². The highest BCUT2D eigenvalue weighted by Gasteiger charge is 2.37. The van der Waals surface area contributed by atoms with Crippen molar-refractivity contribution in [1.82, 2.24) is 25.9 Å². The van der Waals surface area contributed by atoms with Crippen molar-refractivity contribution in [1.29, 1.82) is 0 Å². The molecule has 6 aromatic carbocycles. The first-order chi connectivity index (χ1) is 45.5. The predicted octanol–water partition coefficient (Wildman–Crippen LogP) is 10.2. The first kappa shape index (κ1) is 70.0. The number of nitrogens with zero attached hydrogens (tertiary/aromatic N) is 2. The zero-order valence-electron chi connectivity index (χ0n) is 54.4. The Labute approximate surface area is 552 Å². The van der Waals surface area contributed by atoms with Crippen LogP contribution in [0.15, 0.2) is 170 Å². The highest BCUT2D eigenvalue weighted by molar-refractivity contribution is 5.81. The summed E-state index contributed by atoms with van der Waals surface area (Å²) in [7, 11) is 3.12. The van der Waals surface area contributed by atoms with Gasteiger partial charge >= 0.3 is 6.09 Å². The van der Waals surface area contributed by atoms with E-state index in [0.717, 1.165) is 44.5 Å². The van der Waals surface area contributed by atoms with Gasteiger partial charge in [-0.25, -0.2) is 23.5 Å². The smallest absolute Gasteiger partial charge is 0.407 e. The lowest BCUT2D eigenvalue weighted by Crippen LogP contribution is -2.49. The second-order valence-corrected chi connectivity index (χ2v) is 25.3. The monoisotopic (exact) mass is 1300 g/mol. The first-order valence-electron chi connectivity index (χ1n) is 31.7. The van der Waals surface area contributed by atoms with Crippen molar-refractivity contribution in [2.45, 2.75) is 127 Å². The number of carbonyl (C=O) groups is 3. The van der Waals surface area contributed by atoms with E-state index in [-0.39, 0.29) is 45.3 Å². The van der Waals surface area contributed by atoms with Crippen LogP contribution >= 0.6 is 0 Å². The Balaban J connectivity index is 0.000000226. The molecule has 2 aliphatic rings. The molecule has 10 rings (SSSR count). The average molecular weight is 1300 g/mol. The number of aromatic nitrogens is 2. The number of carbonyl (C=O) groups excluding carboxylic acids is 3. The quantitative estimate of drug-likeness (QED) is 0.0296. The lowest BCUT2D eigenvalue weighted by molar-refractivity contribution is -0.129. The first-order valence-corrected chi connectivity index (χ1v) is 31.7. The summed E-state index contributed by atoms with van der Waals surface area (Å²) < 4.78 is 56.8. The molecular weight excluding hydrogens is 1210 g/mol. The van der Waals surface area contributed by atoms with Crippen molar-refractivity contribution in [3.63, 3.8) is 0 Å². The third kappa shape index (κ3) is 19.2. The second-order valence-electron chi connectivity index (χ2n) is 25.3. The van der Waals surface area contributed by atoms with E-state index in [9.17, 15) is 43.6 Å². The van der Waals surface area contributed by atoms with E-state index in [1.807, 2.05) is 105 Å². The topological polar surface area (TPSA) is 266 Å². The van der Waals surface area contributed by atoms with E-state index in [0.29, 0.717) is 51.9 Å². The molecule has 18 nitrogen and oxygen atoms in total. The molecule has 9 N–H and O–H groups in total. The van der Waals surface area contributed by atoms with Crippen LogP contribution in [0.25, 0.3) is 22.3 Å². The van der Waals surface area contributed by atoms with Gasteiger partial charge in [0.15, 0.2) is 0 Å². The average Bonchev–Trinajstić information content (AvgIpc) is 0.867. The van der Waals surface area contributed by atoms with Gasteiger partial charge in [0.05, 0.1) is 44.6 Å². The maximum atomic E-state index is 14.9. The van der Waals surface area contributed by atoms with E-state index in [4.69, 9.17) is 29.4 Å². The number of hydrogen-bond donors (Lipinski definition) is 8. The van der Waals surface area contributed by atoms with Gasteiger partial charge in [-0.2, -0.15) is 0 Å². The summed E-state index contributed by atoms with van der Waals surface area (Å²) in [6.07, 6.45) is -1.06. The molecule has 0 bridgehead atoms. The molecule has 0 aliphatic carbocycles. The number of aliphatic hydroxyl groups excluding tert-OH is 4. The van der Waals surface area contributed by atoms with Gasteiger partial charge in [0, 0.05) is 64.7 Å². The normalized spacial score (nSPS) is 17.6. The van der Waals surface area contributed by atoms with Crippen molar-refractivity contribution in [2.75, 3.05) is 27.4 Å². The van der Waals surface area contributed by atoms with Gasteiger partial charge in [-0.1, -0.05) is 120 Å². The fourth-order valence-corrected chi connectivity index (χ4v) is 11.7. The Kier molecular flexibility index (Phi) is 23.7.